The minimum atomic E-state index is -0.293. The highest BCUT2D eigenvalue weighted by atomic mass is 32.2. The summed E-state index contributed by atoms with van der Waals surface area (Å²) >= 11 is 2.18. The van der Waals surface area contributed by atoms with Crippen LogP contribution < -0.4 is 0 Å². The van der Waals surface area contributed by atoms with Crippen molar-refractivity contribution in [1.29, 1.82) is 0 Å². The number of rotatable bonds is 3. The van der Waals surface area contributed by atoms with E-state index in [9.17, 15) is 5.11 Å². The number of aliphatic hydroxyl groups is 1. The van der Waals surface area contributed by atoms with E-state index in [1.54, 1.807) is 0 Å². The van der Waals surface area contributed by atoms with Gasteiger partial charge in [-0.25, -0.2) is 0 Å². The van der Waals surface area contributed by atoms with Crippen molar-refractivity contribution >= 4 is 11.8 Å². The number of hydrogen-bond acceptors (Lipinski definition) is 2. The van der Waals surface area contributed by atoms with Crippen molar-refractivity contribution in [3.63, 3.8) is 0 Å². The molecule has 2 unspecified atom stereocenters. The van der Waals surface area contributed by atoms with Crippen LogP contribution in [-0.4, -0.2) is 21.2 Å². The van der Waals surface area contributed by atoms with Crippen LogP contribution in [0.25, 0.3) is 0 Å². The van der Waals surface area contributed by atoms with Gasteiger partial charge in [0.05, 0.1) is 5.60 Å². The maximum atomic E-state index is 10.9. The van der Waals surface area contributed by atoms with Gasteiger partial charge >= 0.3 is 0 Å². The van der Waals surface area contributed by atoms with Gasteiger partial charge in [0.15, 0.2) is 0 Å². The Balaban J connectivity index is 1.51. The van der Waals surface area contributed by atoms with E-state index in [4.69, 9.17) is 0 Å². The van der Waals surface area contributed by atoms with E-state index in [0.29, 0.717) is 0 Å². The molecule has 0 amide bonds. The Kier molecular flexibility index (Phi) is 4.25. The molecule has 0 spiro atoms. The van der Waals surface area contributed by atoms with Crippen molar-refractivity contribution < 1.29 is 5.11 Å². The molecule has 2 heterocycles. The average molecular weight is 268 g/mol. The van der Waals surface area contributed by atoms with Crippen molar-refractivity contribution in [2.45, 2.75) is 93.2 Å². The van der Waals surface area contributed by atoms with Gasteiger partial charge in [-0.3, -0.25) is 0 Å². The molecule has 2 aliphatic heterocycles. The highest BCUT2D eigenvalue weighted by Crippen LogP contribution is 2.47. The van der Waals surface area contributed by atoms with Gasteiger partial charge in [0, 0.05) is 10.5 Å². The van der Waals surface area contributed by atoms with E-state index in [-0.39, 0.29) is 5.60 Å². The Hall–Kier alpha value is 0.310. The summed E-state index contributed by atoms with van der Waals surface area (Å²) in [5, 5.41) is 12.4. The van der Waals surface area contributed by atoms with E-state index in [1.807, 2.05) is 0 Å². The minimum absolute atomic E-state index is 0.293. The third kappa shape index (κ3) is 3.25. The Morgan fingerprint density at radius 2 is 1.56 bits per heavy atom. The first-order valence-corrected chi connectivity index (χ1v) is 9.06. The highest BCUT2D eigenvalue weighted by Gasteiger charge is 2.41. The third-order valence-corrected chi connectivity index (χ3v) is 6.97. The maximum absolute atomic E-state index is 10.9. The van der Waals surface area contributed by atoms with Crippen LogP contribution >= 0.6 is 11.8 Å². The maximum Gasteiger partial charge on any atom is 0.0669 e. The molecular formula is C16H28OS. The van der Waals surface area contributed by atoms with Gasteiger partial charge in [0.1, 0.15) is 0 Å². The lowest BCUT2D eigenvalue weighted by molar-refractivity contribution is -0.00208. The van der Waals surface area contributed by atoms with Gasteiger partial charge < -0.3 is 5.11 Å². The summed E-state index contributed by atoms with van der Waals surface area (Å²) < 4.78 is 0. The fraction of sp³-hybridized carbons (Fsp3) is 1.00. The Morgan fingerprint density at radius 1 is 0.889 bits per heavy atom. The van der Waals surface area contributed by atoms with E-state index in [1.165, 1.54) is 57.8 Å². The molecule has 2 saturated heterocycles. The predicted molar refractivity (Wildman–Crippen MR) is 79.0 cm³/mol. The minimum Gasteiger partial charge on any atom is -0.390 e. The summed E-state index contributed by atoms with van der Waals surface area (Å²) in [5.41, 5.74) is -0.293. The smallest absolute Gasteiger partial charge is 0.0669 e. The Bertz CT molecular complexity index is 260. The van der Waals surface area contributed by atoms with E-state index >= 15 is 0 Å². The SMILES string of the molecule is OC1(CCC2CCCCC2)CC2CCCC(C1)S2. The second-order valence-corrected chi connectivity index (χ2v) is 8.59. The first-order valence-electron chi connectivity index (χ1n) is 8.11. The lowest BCUT2D eigenvalue weighted by Crippen LogP contribution is -2.43. The van der Waals surface area contributed by atoms with Crippen LogP contribution in [0.1, 0.15) is 77.0 Å². The topological polar surface area (TPSA) is 20.2 Å². The van der Waals surface area contributed by atoms with Gasteiger partial charge in [-0.05, 0) is 44.4 Å². The summed E-state index contributed by atoms with van der Waals surface area (Å²) in [7, 11) is 0. The molecular weight excluding hydrogens is 240 g/mol. The van der Waals surface area contributed by atoms with Crippen molar-refractivity contribution in [3.05, 3.63) is 0 Å². The van der Waals surface area contributed by atoms with Crippen LogP contribution in [0.5, 0.6) is 0 Å². The Labute approximate surface area is 116 Å². The van der Waals surface area contributed by atoms with Crippen molar-refractivity contribution in [2.24, 2.45) is 5.92 Å². The molecule has 0 aromatic carbocycles. The normalized spacial score (nSPS) is 41.8. The molecule has 1 aliphatic carbocycles. The number of hydrogen-bond donors (Lipinski definition) is 1. The van der Waals surface area contributed by atoms with Gasteiger partial charge in [0.2, 0.25) is 0 Å². The van der Waals surface area contributed by atoms with Crippen LogP contribution in [0.15, 0.2) is 0 Å². The van der Waals surface area contributed by atoms with Crippen LogP contribution in [0.3, 0.4) is 0 Å². The second-order valence-electron chi connectivity index (χ2n) is 6.99. The summed E-state index contributed by atoms with van der Waals surface area (Å²) in [6.45, 7) is 0. The van der Waals surface area contributed by atoms with E-state index in [2.05, 4.69) is 11.8 Å². The van der Waals surface area contributed by atoms with E-state index in [0.717, 1.165) is 35.7 Å². The fourth-order valence-electron chi connectivity index (χ4n) is 4.37. The van der Waals surface area contributed by atoms with Gasteiger partial charge in [-0.2, -0.15) is 11.8 Å². The molecule has 104 valence electrons. The van der Waals surface area contributed by atoms with Crippen LogP contribution in [0.2, 0.25) is 0 Å². The van der Waals surface area contributed by atoms with Gasteiger partial charge in [-0.1, -0.05) is 38.5 Å². The summed E-state index contributed by atoms with van der Waals surface area (Å²) in [4.78, 5) is 0. The summed E-state index contributed by atoms with van der Waals surface area (Å²) in [5.74, 6) is 0.928. The van der Waals surface area contributed by atoms with Crippen LogP contribution in [0, 0.1) is 5.92 Å². The zero-order valence-corrected chi connectivity index (χ0v) is 12.4. The zero-order chi connectivity index (χ0) is 12.4. The van der Waals surface area contributed by atoms with Gasteiger partial charge in [-0.15, -0.1) is 0 Å². The summed E-state index contributed by atoms with van der Waals surface area (Å²) in [6, 6.07) is 0. The molecule has 2 bridgehead atoms. The molecule has 1 saturated carbocycles. The molecule has 0 aromatic rings. The molecule has 2 heteroatoms. The molecule has 1 nitrogen and oxygen atoms in total. The Morgan fingerprint density at radius 3 is 2.22 bits per heavy atom. The number of fused-ring (bicyclic) bond motifs is 2. The molecule has 3 aliphatic rings. The highest BCUT2D eigenvalue weighted by molar-refractivity contribution is 8.00. The third-order valence-electron chi connectivity index (χ3n) is 5.40. The standard InChI is InChI=1S/C16H28OS/c17-16(10-9-13-5-2-1-3-6-13)11-14-7-4-8-15(12-16)18-14/h13-15,17H,1-12H2. The molecule has 3 fully saturated rings. The largest absolute Gasteiger partial charge is 0.390 e. The summed E-state index contributed by atoms with van der Waals surface area (Å²) in [6.07, 6.45) is 15.8. The number of thioether (sulfide) groups is 1. The molecule has 3 rings (SSSR count). The van der Waals surface area contributed by atoms with Crippen LogP contribution in [0.4, 0.5) is 0 Å². The van der Waals surface area contributed by atoms with Crippen molar-refractivity contribution in [1.82, 2.24) is 0 Å². The van der Waals surface area contributed by atoms with Crippen LogP contribution in [-0.2, 0) is 0 Å². The van der Waals surface area contributed by atoms with E-state index < -0.39 is 0 Å². The zero-order valence-electron chi connectivity index (χ0n) is 11.6. The monoisotopic (exact) mass is 268 g/mol. The lowest BCUT2D eigenvalue weighted by Gasteiger charge is -2.44. The molecule has 18 heavy (non-hydrogen) atoms. The predicted octanol–water partition coefficient (Wildman–Crippen LogP) is 4.53. The second kappa shape index (κ2) is 5.75. The first-order chi connectivity index (χ1) is 8.73. The van der Waals surface area contributed by atoms with Crippen molar-refractivity contribution in [3.8, 4) is 0 Å². The molecule has 1 N–H and O–H groups in total. The molecule has 0 aromatic heterocycles. The fourth-order valence-corrected chi connectivity index (χ4v) is 6.33. The quantitative estimate of drug-likeness (QED) is 0.811. The van der Waals surface area contributed by atoms with Gasteiger partial charge in [0.25, 0.3) is 0 Å². The van der Waals surface area contributed by atoms with Crippen molar-refractivity contribution in [2.75, 3.05) is 0 Å². The lowest BCUT2D eigenvalue weighted by atomic mass is 9.78. The first kappa shape index (κ1) is 13.3. The molecule has 0 radical (unpaired) electrons. The molecule has 2 atom stereocenters. The average Bonchev–Trinajstić information content (AvgIpc) is 2.37.